The summed E-state index contributed by atoms with van der Waals surface area (Å²) in [5.74, 6) is 0. The summed E-state index contributed by atoms with van der Waals surface area (Å²) in [4.78, 5) is 0. The minimum Gasteiger partial charge on any atom is -0.0718 e. The van der Waals surface area contributed by atoms with E-state index >= 15 is 0 Å². The van der Waals surface area contributed by atoms with Gasteiger partial charge in [0.25, 0.3) is 0 Å². The Labute approximate surface area is 61.3 Å². The molecule has 0 heterocycles. The lowest BCUT2D eigenvalue weighted by atomic mass is 10.1. The molecule has 0 aromatic rings. The molecule has 1 heteroatoms. The van der Waals surface area contributed by atoms with Crippen LogP contribution < -0.4 is 0 Å². The van der Waals surface area contributed by atoms with Gasteiger partial charge in [-0.3, -0.25) is 0 Å². The van der Waals surface area contributed by atoms with Gasteiger partial charge in [-0.15, -0.1) is 0 Å². The van der Waals surface area contributed by atoms with Crippen molar-refractivity contribution in [3.63, 3.8) is 0 Å². The quantitative estimate of drug-likeness (QED) is 0.534. The standard InChI is InChI=1S/C8H20Si/c1-6-7-8(2,3)9(4)5/h9H,6-7H2,1-5H3. The molecule has 0 bridgehead atoms. The van der Waals surface area contributed by atoms with Gasteiger partial charge in [0.1, 0.15) is 0 Å². The fraction of sp³-hybridized carbons (Fsp3) is 1.00. The summed E-state index contributed by atoms with van der Waals surface area (Å²) in [6, 6.07) is 0. The summed E-state index contributed by atoms with van der Waals surface area (Å²) in [7, 11) is -0.397. The maximum Gasteiger partial charge on any atom is 0.0364 e. The Morgan fingerprint density at radius 1 is 1.22 bits per heavy atom. The summed E-state index contributed by atoms with van der Waals surface area (Å²) in [5.41, 5.74) is 0. The Morgan fingerprint density at radius 3 is 1.78 bits per heavy atom. The highest BCUT2D eigenvalue weighted by Crippen LogP contribution is 2.33. The summed E-state index contributed by atoms with van der Waals surface area (Å²) in [6.07, 6.45) is 2.76. The summed E-state index contributed by atoms with van der Waals surface area (Å²) in [5, 5.41) is 0.689. The highest BCUT2D eigenvalue weighted by atomic mass is 28.3. The van der Waals surface area contributed by atoms with Gasteiger partial charge in [-0.05, 0) is 5.04 Å². The molecule has 0 spiro atoms. The van der Waals surface area contributed by atoms with Crippen LogP contribution in [-0.2, 0) is 0 Å². The van der Waals surface area contributed by atoms with Crippen molar-refractivity contribution >= 4 is 8.80 Å². The van der Waals surface area contributed by atoms with Crippen LogP contribution in [0.1, 0.15) is 33.6 Å². The van der Waals surface area contributed by atoms with E-state index in [-0.39, 0.29) is 0 Å². The summed E-state index contributed by atoms with van der Waals surface area (Å²) < 4.78 is 0. The SMILES string of the molecule is CCCC(C)(C)[SiH](C)C. The molecule has 0 aliphatic heterocycles. The minimum atomic E-state index is -0.397. The van der Waals surface area contributed by atoms with Crippen LogP contribution in [0.5, 0.6) is 0 Å². The molecule has 9 heavy (non-hydrogen) atoms. The van der Waals surface area contributed by atoms with E-state index in [0.29, 0.717) is 5.04 Å². The van der Waals surface area contributed by atoms with Gasteiger partial charge >= 0.3 is 0 Å². The first-order chi connectivity index (χ1) is 4.00. The molecule has 0 aliphatic rings. The van der Waals surface area contributed by atoms with Gasteiger partial charge < -0.3 is 0 Å². The fourth-order valence-electron chi connectivity index (χ4n) is 0.933. The van der Waals surface area contributed by atoms with E-state index in [2.05, 4.69) is 33.9 Å². The first kappa shape index (κ1) is 9.22. The second kappa shape index (κ2) is 3.40. The molecule has 0 aromatic heterocycles. The molecular formula is C8H20Si. The molecule has 0 rings (SSSR count). The molecule has 0 aliphatic carbocycles. The van der Waals surface area contributed by atoms with Crippen molar-refractivity contribution in [3.8, 4) is 0 Å². The van der Waals surface area contributed by atoms with Crippen molar-refractivity contribution in [1.82, 2.24) is 0 Å². The molecule has 0 aromatic carbocycles. The smallest absolute Gasteiger partial charge is 0.0364 e. The lowest BCUT2D eigenvalue weighted by molar-refractivity contribution is 0.585. The molecule has 0 unspecified atom stereocenters. The van der Waals surface area contributed by atoms with Crippen molar-refractivity contribution in [2.75, 3.05) is 0 Å². The first-order valence-corrected chi connectivity index (χ1v) is 6.89. The van der Waals surface area contributed by atoms with Crippen LogP contribution in [0.2, 0.25) is 18.1 Å². The maximum absolute atomic E-state index is 2.44. The monoisotopic (exact) mass is 144 g/mol. The van der Waals surface area contributed by atoms with Gasteiger partial charge in [-0.2, -0.15) is 0 Å². The van der Waals surface area contributed by atoms with E-state index in [1.54, 1.807) is 0 Å². The maximum atomic E-state index is 2.44. The van der Waals surface area contributed by atoms with E-state index in [0.717, 1.165) is 0 Å². The van der Waals surface area contributed by atoms with Crippen LogP contribution in [-0.4, -0.2) is 8.80 Å². The molecule has 0 atom stereocenters. The lowest BCUT2D eigenvalue weighted by Crippen LogP contribution is -2.20. The normalized spacial score (nSPS) is 12.7. The third-order valence-electron chi connectivity index (χ3n) is 2.46. The fourth-order valence-corrected chi connectivity index (χ4v) is 1.80. The average molecular weight is 144 g/mol. The lowest BCUT2D eigenvalue weighted by Gasteiger charge is -2.27. The zero-order chi connectivity index (χ0) is 7.49. The largest absolute Gasteiger partial charge is 0.0718 e. The number of hydrogen-bond donors (Lipinski definition) is 0. The van der Waals surface area contributed by atoms with Gasteiger partial charge in [0.2, 0.25) is 0 Å². The van der Waals surface area contributed by atoms with Gasteiger partial charge in [-0.25, -0.2) is 0 Å². The van der Waals surface area contributed by atoms with Crippen molar-refractivity contribution < 1.29 is 0 Å². The molecule has 0 nitrogen and oxygen atoms in total. The van der Waals surface area contributed by atoms with Crippen molar-refractivity contribution in [3.05, 3.63) is 0 Å². The highest BCUT2D eigenvalue weighted by molar-refractivity contribution is 6.59. The van der Waals surface area contributed by atoms with Crippen molar-refractivity contribution in [2.45, 2.75) is 51.7 Å². The van der Waals surface area contributed by atoms with Crippen LogP contribution >= 0.6 is 0 Å². The van der Waals surface area contributed by atoms with E-state index < -0.39 is 8.80 Å². The molecular weight excluding hydrogens is 124 g/mol. The Hall–Kier alpha value is 0.217. The summed E-state index contributed by atoms with van der Waals surface area (Å²) >= 11 is 0. The second-order valence-electron chi connectivity index (χ2n) is 3.89. The van der Waals surface area contributed by atoms with E-state index in [4.69, 9.17) is 0 Å². The zero-order valence-corrected chi connectivity index (χ0v) is 8.65. The van der Waals surface area contributed by atoms with E-state index in [1.807, 2.05) is 0 Å². The van der Waals surface area contributed by atoms with Crippen LogP contribution in [0.25, 0.3) is 0 Å². The average Bonchev–Trinajstić information content (AvgIpc) is 1.65. The predicted molar refractivity (Wildman–Crippen MR) is 47.8 cm³/mol. The van der Waals surface area contributed by atoms with Crippen LogP contribution in [0, 0.1) is 0 Å². The topological polar surface area (TPSA) is 0 Å². The predicted octanol–water partition coefficient (Wildman–Crippen LogP) is 3.05. The Balaban J connectivity index is 3.70. The molecule has 0 saturated heterocycles. The van der Waals surface area contributed by atoms with Crippen LogP contribution in [0.3, 0.4) is 0 Å². The van der Waals surface area contributed by atoms with Crippen molar-refractivity contribution in [1.29, 1.82) is 0 Å². The van der Waals surface area contributed by atoms with Gasteiger partial charge in [-0.1, -0.05) is 46.7 Å². The first-order valence-electron chi connectivity index (χ1n) is 4.00. The highest BCUT2D eigenvalue weighted by Gasteiger charge is 2.21. The minimum absolute atomic E-state index is 0.397. The van der Waals surface area contributed by atoms with Gasteiger partial charge in [0.15, 0.2) is 0 Å². The van der Waals surface area contributed by atoms with Gasteiger partial charge in [0, 0.05) is 8.80 Å². The zero-order valence-electron chi connectivity index (χ0n) is 7.49. The Morgan fingerprint density at radius 2 is 1.67 bits per heavy atom. The number of hydrogen-bond acceptors (Lipinski definition) is 0. The van der Waals surface area contributed by atoms with Crippen LogP contribution in [0.15, 0.2) is 0 Å². The Bertz CT molecular complexity index is 74.6. The van der Waals surface area contributed by atoms with E-state index in [1.165, 1.54) is 12.8 Å². The third-order valence-corrected chi connectivity index (χ3v) is 5.87. The molecule has 0 saturated carbocycles. The third kappa shape index (κ3) is 3.04. The Kier molecular flexibility index (Phi) is 3.48. The molecule has 56 valence electrons. The number of rotatable bonds is 3. The summed E-state index contributed by atoms with van der Waals surface area (Å²) in [6.45, 7) is 12.0. The van der Waals surface area contributed by atoms with Gasteiger partial charge in [0.05, 0.1) is 0 Å². The molecule has 0 radical (unpaired) electrons. The second-order valence-corrected chi connectivity index (χ2v) is 7.77. The van der Waals surface area contributed by atoms with Crippen LogP contribution in [0.4, 0.5) is 0 Å². The molecule has 0 amide bonds. The van der Waals surface area contributed by atoms with E-state index in [9.17, 15) is 0 Å². The molecule has 0 N–H and O–H groups in total. The molecule has 0 fully saturated rings. The van der Waals surface area contributed by atoms with Crippen molar-refractivity contribution in [2.24, 2.45) is 0 Å².